The smallest absolute Gasteiger partial charge is 0.310 e. The summed E-state index contributed by atoms with van der Waals surface area (Å²) in [6, 6.07) is 6.04. The highest BCUT2D eigenvalue weighted by molar-refractivity contribution is 5.76. The molecule has 2 aliphatic carbocycles. The number of pyridine rings is 1. The van der Waals surface area contributed by atoms with Gasteiger partial charge in [-0.1, -0.05) is 24.1 Å². The predicted molar refractivity (Wildman–Crippen MR) is 106 cm³/mol. The van der Waals surface area contributed by atoms with Gasteiger partial charge in [-0.2, -0.15) is 0 Å². The largest absolute Gasteiger partial charge is 0.462 e. The van der Waals surface area contributed by atoms with Crippen LogP contribution in [0.3, 0.4) is 0 Å². The maximum atomic E-state index is 12.7. The first kappa shape index (κ1) is 18.7. The van der Waals surface area contributed by atoms with Crippen LogP contribution < -0.4 is 0 Å². The summed E-state index contributed by atoms with van der Waals surface area (Å²) in [5.41, 5.74) is 4.56. The van der Waals surface area contributed by atoms with E-state index < -0.39 is 0 Å². The first-order valence-corrected chi connectivity index (χ1v) is 10.4. The molecule has 4 unspecified atom stereocenters. The Morgan fingerprint density at radius 1 is 1.37 bits per heavy atom. The number of rotatable bonds is 5. The monoisotopic (exact) mass is 368 g/mol. The summed E-state index contributed by atoms with van der Waals surface area (Å²) in [4.78, 5) is 19.3. The summed E-state index contributed by atoms with van der Waals surface area (Å²) in [7, 11) is 2.11. The fourth-order valence-electron chi connectivity index (χ4n) is 5.60. The number of likely N-dealkylation sites (N-methyl/N-ethyl adjacent to an activating group) is 1. The minimum Gasteiger partial charge on any atom is -0.462 e. The van der Waals surface area contributed by atoms with E-state index in [0.29, 0.717) is 5.92 Å². The molecule has 1 saturated heterocycles. The minimum absolute atomic E-state index is 0.00973. The van der Waals surface area contributed by atoms with Crippen LogP contribution in [0.15, 0.2) is 35.5 Å². The van der Waals surface area contributed by atoms with Crippen molar-refractivity contribution in [3.05, 3.63) is 41.2 Å². The number of esters is 1. The van der Waals surface area contributed by atoms with E-state index in [1.165, 1.54) is 19.3 Å². The molecule has 3 aliphatic rings. The molecule has 1 saturated carbocycles. The first-order chi connectivity index (χ1) is 13.0. The quantitative estimate of drug-likeness (QED) is 0.582. The van der Waals surface area contributed by atoms with E-state index in [-0.39, 0.29) is 23.4 Å². The van der Waals surface area contributed by atoms with Crippen molar-refractivity contribution in [2.75, 3.05) is 20.1 Å². The topological polar surface area (TPSA) is 42.4 Å². The Hall–Kier alpha value is -1.68. The Balaban J connectivity index is 1.42. The highest BCUT2D eigenvalue weighted by atomic mass is 16.6. The molecule has 4 heteroatoms. The molecule has 0 aromatic carbocycles. The number of nitrogens with zero attached hydrogens (tertiary/aromatic N) is 2. The molecule has 2 heterocycles. The second-order valence-corrected chi connectivity index (χ2v) is 9.16. The van der Waals surface area contributed by atoms with Crippen molar-refractivity contribution in [3.63, 3.8) is 0 Å². The number of hydrogen-bond acceptors (Lipinski definition) is 4. The third-order valence-corrected chi connectivity index (χ3v) is 7.16. The van der Waals surface area contributed by atoms with Gasteiger partial charge >= 0.3 is 5.97 Å². The second-order valence-electron chi connectivity index (χ2n) is 9.16. The zero-order chi connectivity index (χ0) is 19.0. The van der Waals surface area contributed by atoms with Crippen molar-refractivity contribution in [2.24, 2.45) is 17.3 Å². The van der Waals surface area contributed by atoms with Crippen LogP contribution in [0, 0.1) is 17.3 Å². The Bertz CT molecular complexity index is 729. The zero-order valence-electron chi connectivity index (χ0n) is 16.9. The molecule has 0 amide bonds. The molecule has 27 heavy (non-hydrogen) atoms. The highest BCUT2D eigenvalue weighted by Crippen LogP contribution is 2.55. The molecule has 0 radical (unpaired) electrons. The standard InChI is InChI=1S/C23H32N2O2/c1-16-7-6-10-23(2)14-21-18(13-20(16)23)19(22(26)27-21)15-25(3)12-9-17-8-4-5-11-24-17/h4-5,8,11,18-19,21H,6-7,9-10,12-15H2,1-3H3. The van der Waals surface area contributed by atoms with Crippen LogP contribution >= 0.6 is 0 Å². The van der Waals surface area contributed by atoms with Gasteiger partial charge in [-0.15, -0.1) is 0 Å². The zero-order valence-corrected chi connectivity index (χ0v) is 16.9. The van der Waals surface area contributed by atoms with E-state index in [0.717, 1.165) is 38.0 Å². The second kappa shape index (κ2) is 7.38. The normalized spacial score (nSPS) is 33.0. The molecular formula is C23H32N2O2. The van der Waals surface area contributed by atoms with Gasteiger partial charge in [0, 0.05) is 37.3 Å². The van der Waals surface area contributed by atoms with Crippen LogP contribution in [0.25, 0.3) is 0 Å². The van der Waals surface area contributed by atoms with E-state index in [1.807, 2.05) is 18.3 Å². The van der Waals surface area contributed by atoms with Gasteiger partial charge in [-0.25, -0.2) is 0 Å². The third-order valence-electron chi connectivity index (χ3n) is 7.16. The number of ether oxygens (including phenoxy) is 1. The fourth-order valence-corrected chi connectivity index (χ4v) is 5.60. The van der Waals surface area contributed by atoms with Crippen molar-refractivity contribution >= 4 is 5.97 Å². The van der Waals surface area contributed by atoms with E-state index in [1.54, 1.807) is 11.1 Å². The molecule has 2 fully saturated rings. The Kier molecular flexibility index (Phi) is 5.11. The van der Waals surface area contributed by atoms with E-state index in [9.17, 15) is 4.79 Å². The van der Waals surface area contributed by atoms with Crippen molar-refractivity contribution in [3.8, 4) is 0 Å². The van der Waals surface area contributed by atoms with E-state index in [4.69, 9.17) is 4.74 Å². The molecule has 0 bridgehead atoms. The van der Waals surface area contributed by atoms with Crippen LogP contribution in [-0.2, 0) is 16.0 Å². The third kappa shape index (κ3) is 3.69. The Morgan fingerprint density at radius 2 is 2.22 bits per heavy atom. The Morgan fingerprint density at radius 3 is 3.00 bits per heavy atom. The number of aromatic nitrogens is 1. The number of allylic oxidation sites excluding steroid dienone is 2. The maximum Gasteiger partial charge on any atom is 0.310 e. The van der Waals surface area contributed by atoms with Gasteiger partial charge in [0.2, 0.25) is 0 Å². The lowest BCUT2D eigenvalue weighted by Crippen LogP contribution is -2.41. The van der Waals surface area contributed by atoms with Crippen molar-refractivity contribution in [1.29, 1.82) is 0 Å². The number of hydrogen-bond donors (Lipinski definition) is 0. The predicted octanol–water partition coefficient (Wildman–Crippen LogP) is 4.01. The Labute approximate surface area is 163 Å². The van der Waals surface area contributed by atoms with Crippen LogP contribution in [-0.4, -0.2) is 42.1 Å². The van der Waals surface area contributed by atoms with Crippen LogP contribution in [0.2, 0.25) is 0 Å². The summed E-state index contributed by atoms with van der Waals surface area (Å²) in [6.45, 7) is 6.40. The number of carbonyl (C=O) groups is 1. The molecule has 4 atom stereocenters. The van der Waals surface area contributed by atoms with Crippen LogP contribution in [0.5, 0.6) is 0 Å². The van der Waals surface area contributed by atoms with Crippen molar-refractivity contribution in [1.82, 2.24) is 9.88 Å². The van der Waals surface area contributed by atoms with Crippen molar-refractivity contribution in [2.45, 2.75) is 58.5 Å². The molecule has 1 aromatic rings. The summed E-state index contributed by atoms with van der Waals surface area (Å²) in [5, 5.41) is 0. The first-order valence-electron chi connectivity index (χ1n) is 10.4. The molecule has 1 aromatic heterocycles. The molecule has 4 nitrogen and oxygen atoms in total. The number of fused-ring (bicyclic) bond motifs is 2. The highest BCUT2D eigenvalue weighted by Gasteiger charge is 2.52. The van der Waals surface area contributed by atoms with Gasteiger partial charge in [-0.05, 0) is 63.6 Å². The molecular weight excluding hydrogens is 336 g/mol. The van der Waals surface area contributed by atoms with Crippen LogP contribution in [0.1, 0.15) is 51.6 Å². The summed E-state index contributed by atoms with van der Waals surface area (Å²) in [6.07, 6.45) is 8.69. The lowest BCUT2D eigenvalue weighted by molar-refractivity contribution is -0.145. The van der Waals surface area contributed by atoms with E-state index >= 15 is 0 Å². The fraction of sp³-hybridized carbons (Fsp3) is 0.652. The number of carbonyl (C=O) groups excluding carboxylic acids is 1. The van der Waals surface area contributed by atoms with Gasteiger partial charge in [0.15, 0.2) is 0 Å². The average Bonchev–Trinajstić information content (AvgIpc) is 2.93. The average molecular weight is 369 g/mol. The summed E-state index contributed by atoms with van der Waals surface area (Å²) >= 11 is 0. The maximum absolute atomic E-state index is 12.7. The van der Waals surface area contributed by atoms with Gasteiger partial charge in [0.1, 0.15) is 6.10 Å². The van der Waals surface area contributed by atoms with Crippen molar-refractivity contribution < 1.29 is 9.53 Å². The molecule has 1 aliphatic heterocycles. The minimum atomic E-state index is 0.00973. The lowest BCUT2D eigenvalue weighted by Gasteiger charge is -2.45. The molecule has 0 spiro atoms. The lowest BCUT2D eigenvalue weighted by atomic mass is 9.59. The van der Waals surface area contributed by atoms with Gasteiger partial charge < -0.3 is 9.64 Å². The van der Waals surface area contributed by atoms with Gasteiger partial charge in [0.25, 0.3) is 0 Å². The molecule has 0 N–H and O–H groups in total. The van der Waals surface area contributed by atoms with Gasteiger partial charge in [0.05, 0.1) is 5.92 Å². The van der Waals surface area contributed by atoms with Crippen LogP contribution in [0.4, 0.5) is 0 Å². The molecule has 4 rings (SSSR count). The molecule has 146 valence electrons. The summed E-state index contributed by atoms with van der Waals surface area (Å²) < 4.78 is 5.89. The van der Waals surface area contributed by atoms with Gasteiger partial charge in [-0.3, -0.25) is 9.78 Å². The van der Waals surface area contributed by atoms with E-state index in [2.05, 4.69) is 36.8 Å². The SMILES string of the molecule is CC1=C2CC3C(CC2(C)CCC1)OC(=O)C3CN(C)CCc1ccccn1. The summed E-state index contributed by atoms with van der Waals surface area (Å²) in [5.74, 6) is 0.386.